The van der Waals surface area contributed by atoms with Gasteiger partial charge in [0.1, 0.15) is 6.04 Å². The number of amides is 2. The average molecular weight is 361 g/mol. The number of hydrogen-bond acceptors (Lipinski definition) is 3. The molecule has 3 N–H and O–H groups in total. The summed E-state index contributed by atoms with van der Waals surface area (Å²) in [5.41, 5.74) is 1.70. The molecule has 0 bridgehead atoms. The van der Waals surface area contributed by atoms with Crippen LogP contribution in [0.3, 0.4) is 0 Å². The Morgan fingerprint density at radius 3 is 2.62 bits per heavy atom. The fourth-order valence-electron chi connectivity index (χ4n) is 1.96. The molecule has 0 saturated heterocycles. The van der Waals surface area contributed by atoms with E-state index < -0.39 is 18.0 Å². The largest absolute Gasteiger partial charge is 0.480 e. The molecule has 1 atom stereocenters. The topological polar surface area (TPSA) is 96.3 Å². The van der Waals surface area contributed by atoms with Gasteiger partial charge in [-0.05, 0) is 36.2 Å². The van der Waals surface area contributed by atoms with Crippen molar-refractivity contribution >= 4 is 27.9 Å². The zero-order chi connectivity index (χ0) is 16.0. The van der Waals surface area contributed by atoms with Gasteiger partial charge in [0.05, 0.1) is 22.4 Å². The molecule has 1 unspecified atom stereocenters. The zero-order valence-corrected chi connectivity index (χ0v) is 14.0. The first kappa shape index (κ1) is 17.5. The number of hydrogen-bond donors (Lipinski definition) is 3. The maximum atomic E-state index is 11.8. The first-order valence-electron chi connectivity index (χ1n) is 6.89. The van der Waals surface area contributed by atoms with Gasteiger partial charge in [-0.15, -0.1) is 0 Å². The molecule has 118 valence electrons. The number of rotatable bonds is 7. The quantitative estimate of drug-likeness (QED) is 0.692. The van der Waals surface area contributed by atoms with E-state index in [1.54, 1.807) is 4.68 Å². The van der Waals surface area contributed by atoms with Gasteiger partial charge in [-0.2, -0.15) is 5.10 Å². The average Bonchev–Trinajstić information content (AvgIpc) is 2.71. The first-order valence-corrected chi connectivity index (χ1v) is 7.68. The van der Waals surface area contributed by atoms with E-state index in [1.807, 2.05) is 20.8 Å². The summed E-state index contributed by atoms with van der Waals surface area (Å²) >= 11 is 3.44. The Kier molecular flexibility index (Phi) is 6.67. The van der Waals surface area contributed by atoms with E-state index in [1.165, 1.54) is 0 Å². The fourth-order valence-corrected chi connectivity index (χ4v) is 2.38. The molecule has 2 amide bonds. The summed E-state index contributed by atoms with van der Waals surface area (Å²) in [5.74, 6) is -1.03. The van der Waals surface area contributed by atoms with Gasteiger partial charge in [-0.1, -0.05) is 13.3 Å². The van der Waals surface area contributed by atoms with Crippen molar-refractivity contribution in [2.24, 2.45) is 0 Å². The van der Waals surface area contributed by atoms with E-state index >= 15 is 0 Å². The Bertz CT molecular complexity index is 516. The molecular weight excluding hydrogens is 340 g/mol. The van der Waals surface area contributed by atoms with E-state index in [4.69, 9.17) is 5.11 Å². The van der Waals surface area contributed by atoms with Crippen LogP contribution in [0.4, 0.5) is 4.79 Å². The van der Waals surface area contributed by atoms with Crippen LogP contribution in [0.2, 0.25) is 0 Å². The normalized spacial score (nSPS) is 12.0. The van der Waals surface area contributed by atoms with Crippen molar-refractivity contribution in [3.63, 3.8) is 0 Å². The van der Waals surface area contributed by atoms with Crippen LogP contribution in [-0.4, -0.2) is 32.9 Å². The molecule has 8 heteroatoms. The molecule has 0 aliphatic carbocycles. The number of carbonyl (C=O) groups is 2. The number of carboxylic acid groups (broad SMARTS) is 1. The van der Waals surface area contributed by atoms with Crippen LogP contribution in [0.1, 0.15) is 38.1 Å². The summed E-state index contributed by atoms with van der Waals surface area (Å²) in [7, 11) is 0. The first-order chi connectivity index (χ1) is 9.90. The van der Waals surface area contributed by atoms with Crippen molar-refractivity contribution in [2.45, 2.75) is 52.7 Å². The number of aromatic nitrogens is 2. The van der Waals surface area contributed by atoms with E-state index in [2.05, 4.69) is 31.7 Å². The number of carboxylic acids is 1. The van der Waals surface area contributed by atoms with Gasteiger partial charge < -0.3 is 15.7 Å². The summed E-state index contributed by atoms with van der Waals surface area (Å²) in [5, 5.41) is 18.5. The van der Waals surface area contributed by atoms with Gasteiger partial charge in [0, 0.05) is 6.54 Å². The van der Waals surface area contributed by atoms with Crippen molar-refractivity contribution < 1.29 is 14.7 Å². The number of urea groups is 1. The van der Waals surface area contributed by atoms with Gasteiger partial charge in [0.15, 0.2) is 0 Å². The highest BCUT2D eigenvalue weighted by molar-refractivity contribution is 9.10. The minimum atomic E-state index is -1.03. The number of halogens is 1. The highest BCUT2D eigenvalue weighted by Gasteiger charge is 2.19. The van der Waals surface area contributed by atoms with Crippen LogP contribution < -0.4 is 10.6 Å². The monoisotopic (exact) mass is 360 g/mol. The molecule has 21 heavy (non-hydrogen) atoms. The molecule has 1 aromatic heterocycles. The molecule has 0 aliphatic heterocycles. The third kappa shape index (κ3) is 4.73. The van der Waals surface area contributed by atoms with Crippen molar-refractivity contribution in [1.82, 2.24) is 20.4 Å². The minimum Gasteiger partial charge on any atom is -0.480 e. The molecule has 0 saturated carbocycles. The van der Waals surface area contributed by atoms with Crippen molar-refractivity contribution in [3.8, 4) is 0 Å². The Morgan fingerprint density at radius 1 is 1.43 bits per heavy atom. The Labute approximate surface area is 132 Å². The number of aliphatic carboxylic acids is 1. The second-order valence-electron chi connectivity index (χ2n) is 4.67. The molecule has 0 spiro atoms. The number of carbonyl (C=O) groups excluding carboxylic acids is 1. The molecule has 1 heterocycles. The van der Waals surface area contributed by atoms with E-state index in [9.17, 15) is 9.59 Å². The Balaban J connectivity index is 2.62. The van der Waals surface area contributed by atoms with Crippen LogP contribution in [0, 0.1) is 6.92 Å². The van der Waals surface area contributed by atoms with Crippen molar-refractivity contribution in [1.29, 1.82) is 0 Å². The SMILES string of the molecule is CCCC(NC(=O)NCc1c(Br)c(C)nn1CC)C(=O)O. The smallest absolute Gasteiger partial charge is 0.326 e. The standard InChI is InChI=1S/C13H21BrN4O3/c1-4-6-9(12(19)20)16-13(21)15-7-10-11(14)8(3)17-18(10)5-2/h9H,4-7H2,1-3H3,(H,19,20)(H2,15,16,21). The summed E-state index contributed by atoms with van der Waals surface area (Å²) in [6.45, 7) is 6.68. The lowest BCUT2D eigenvalue weighted by Gasteiger charge is -2.14. The predicted molar refractivity (Wildman–Crippen MR) is 82.0 cm³/mol. The van der Waals surface area contributed by atoms with Crippen LogP contribution in [0.5, 0.6) is 0 Å². The van der Waals surface area contributed by atoms with Crippen molar-refractivity contribution in [2.75, 3.05) is 0 Å². The summed E-state index contributed by atoms with van der Waals surface area (Å²) in [4.78, 5) is 22.8. The van der Waals surface area contributed by atoms with Crippen LogP contribution in [0.15, 0.2) is 4.47 Å². The Hall–Kier alpha value is -1.57. The van der Waals surface area contributed by atoms with Gasteiger partial charge in [0.25, 0.3) is 0 Å². The lowest BCUT2D eigenvalue weighted by molar-refractivity contribution is -0.139. The molecular formula is C13H21BrN4O3. The Morgan fingerprint density at radius 2 is 2.10 bits per heavy atom. The summed E-state index contributed by atoms with van der Waals surface area (Å²) in [6, 6.07) is -1.36. The van der Waals surface area contributed by atoms with Gasteiger partial charge in [0.2, 0.25) is 0 Å². The van der Waals surface area contributed by atoms with Crippen LogP contribution in [0.25, 0.3) is 0 Å². The van der Waals surface area contributed by atoms with Crippen molar-refractivity contribution in [3.05, 3.63) is 15.9 Å². The predicted octanol–water partition coefficient (Wildman–Crippen LogP) is 2.03. The van der Waals surface area contributed by atoms with Gasteiger partial charge >= 0.3 is 12.0 Å². The fraction of sp³-hybridized carbons (Fsp3) is 0.615. The third-order valence-electron chi connectivity index (χ3n) is 3.05. The molecule has 7 nitrogen and oxygen atoms in total. The number of nitrogens with one attached hydrogen (secondary N) is 2. The second-order valence-corrected chi connectivity index (χ2v) is 5.46. The van der Waals surface area contributed by atoms with E-state index in [0.29, 0.717) is 19.4 Å². The molecule has 1 rings (SSSR count). The molecule has 0 radical (unpaired) electrons. The highest BCUT2D eigenvalue weighted by Crippen LogP contribution is 2.20. The lowest BCUT2D eigenvalue weighted by atomic mass is 10.2. The highest BCUT2D eigenvalue weighted by atomic mass is 79.9. The molecule has 1 aromatic rings. The second kappa shape index (κ2) is 8.02. The van der Waals surface area contributed by atoms with Gasteiger partial charge in [-0.3, -0.25) is 4.68 Å². The number of nitrogens with zero attached hydrogens (tertiary/aromatic N) is 2. The molecule has 0 aliphatic rings. The minimum absolute atomic E-state index is 0.277. The van der Waals surface area contributed by atoms with Gasteiger partial charge in [-0.25, -0.2) is 9.59 Å². The zero-order valence-electron chi connectivity index (χ0n) is 12.4. The number of aryl methyl sites for hydroxylation is 2. The maximum Gasteiger partial charge on any atom is 0.326 e. The van der Waals surface area contributed by atoms with Crippen LogP contribution >= 0.6 is 15.9 Å². The van der Waals surface area contributed by atoms with Crippen LogP contribution in [-0.2, 0) is 17.9 Å². The lowest BCUT2D eigenvalue weighted by Crippen LogP contribution is -2.45. The summed E-state index contributed by atoms with van der Waals surface area (Å²) in [6.07, 6.45) is 1.09. The summed E-state index contributed by atoms with van der Waals surface area (Å²) < 4.78 is 2.65. The third-order valence-corrected chi connectivity index (χ3v) is 4.08. The molecule has 0 fully saturated rings. The molecule has 0 aromatic carbocycles. The van der Waals surface area contributed by atoms with E-state index in [0.717, 1.165) is 15.9 Å². The maximum absolute atomic E-state index is 11.8. The van der Waals surface area contributed by atoms with E-state index in [-0.39, 0.29) is 6.54 Å².